The van der Waals surface area contributed by atoms with E-state index in [-0.39, 0.29) is 162 Å². The first-order valence-corrected chi connectivity index (χ1v) is 38.9. The molecule has 114 heavy (non-hydrogen) atoms. The molecule has 0 amide bonds. The summed E-state index contributed by atoms with van der Waals surface area (Å²) in [6.45, 7) is 1.30. The summed E-state index contributed by atoms with van der Waals surface area (Å²) in [5, 5.41) is 26.4. The zero-order valence-corrected chi connectivity index (χ0v) is 82.8. The summed E-state index contributed by atoms with van der Waals surface area (Å²) >= 11 is 5.14. The number of nitrogens with zero attached hydrogens (tertiary/aromatic N) is 7. The first-order valence-electron chi connectivity index (χ1n) is 38.5. The number of ketones is 1. The van der Waals surface area contributed by atoms with E-state index in [0.717, 1.165) is 113 Å². The molecule has 0 unspecified atom stereocenters. The number of imidazole rings is 5. The molecule has 5 aromatic heterocycles. The number of carbonyl (C=O) groups excluding carboxylic acids is 1. The largest absolute Gasteiger partial charge is 1.00 e. The molecule has 0 saturated heterocycles. The van der Waals surface area contributed by atoms with Gasteiger partial charge in [0.25, 0.3) is 0 Å². The van der Waals surface area contributed by atoms with E-state index >= 15 is 0 Å². The first kappa shape index (κ1) is 99.5. The van der Waals surface area contributed by atoms with E-state index in [1.165, 1.54) is 119 Å². The van der Waals surface area contributed by atoms with Gasteiger partial charge in [0.2, 0.25) is 5.95 Å². The molecule has 4 fully saturated rings. The van der Waals surface area contributed by atoms with Gasteiger partial charge in [-0.2, -0.15) is 0 Å². The number of nitrogens with two attached hydrogens (primary N) is 4. The number of carbonyl (C=O) groups is 1. The van der Waals surface area contributed by atoms with Crippen molar-refractivity contribution < 1.29 is 182 Å². The number of hydrogen-bond donors (Lipinski definition) is 12. The molecule has 5 heterocycles. The number of anilines is 3. The van der Waals surface area contributed by atoms with E-state index < -0.39 is 0 Å². The van der Waals surface area contributed by atoms with Crippen molar-refractivity contribution in [3.63, 3.8) is 0 Å². The molecule has 4 aliphatic carbocycles. The number of hydrogen-bond acceptors (Lipinski definition) is 16. The number of nitrogens with one attached hydrogen (secondary N) is 5. The van der Waals surface area contributed by atoms with E-state index in [0.29, 0.717) is 46.9 Å². The molecule has 20 nitrogen and oxygen atoms in total. The monoisotopic (exact) mass is 2200 g/mol. The number of nitrogen functional groups attached to an aromatic ring is 2. The van der Waals surface area contributed by atoms with Crippen molar-refractivity contribution in [2.75, 3.05) is 16.8 Å². The van der Waals surface area contributed by atoms with E-state index in [1.807, 2.05) is 72.8 Å². The van der Waals surface area contributed by atoms with Crippen molar-refractivity contribution in [2.45, 2.75) is 160 Å². The average Bonchev–Trinajstić information content (AvgIpc) is 1.68. The minimum Gasteiger partial charge on any atom is -0.715 e. The Hall–Kier alpha value is -5.10. The molecule has 0 bridgehead atoms. The Balaban J connectivity index is 0.000000241. The predicted molar refractivity (Wildman–Crippen MR) is 452 cm³/mol. The number of benzene rings is 8. The Morgan fingerprint density at radius 2 is 0.781 bits per heavy atom. The van der Waals surface area contributed by atoms with E-state index in [1.54, 1.807) is 58.7 Å². The number of fused-ring (bicyclic) bond motifs is 3. The van der Waals surface area contributed by atoms with Crippen LogP contribution in [0.1, 0.15) is 137 Å². The van der Waals surface area contributed by atoms with Gasteiger partial charge < -0.3 is 61.6 Å². The second kappa shape index (κ2) is 57.1. The third kappa shape index (κ3) is 35.4. The SMILES string of the molecule is NC1CCC(Cc2ccccc2)CC1.NCc1nc2ccccc2[nH]1.Nc1ccccc1N.O=C1CCC(Cc2ccccc2)CC1.OO.S=C(n1ccnc1)n1ccnc1.[Ac].[Ac].[Ac].[B-]O.[Na+].c1ccc(CC2CCC(NCc3nc4ccccc4[nH]3)CC2)cc1.c1ccc(CC2CCC(Nc3nc4ccccc4[nH]3)CC2)cc1. The van der Waals surface area contributed by atoms with Gasteiger partial charge in [0, 0.05) is 188 Å². The topological polar surface area (TPSA) is 328 Å². The molecule has 0 aliphatic heterocycles. The van der Waals surface area contributed by atoms with Crippen LogP contribution in [0.25, 0.3) is 33.1 Å². The third-order valence-electron chi connectivity index (χ3n) is 20.5. The van der Waals surface area contributed by atoms with Crippen molar-refractivity contribution >= 4 is 81.6 Å². The summed E-state index contributed by atoms with van der Waals surface area (Å²) < 4.78 is 3.49. The maximum atomic E-state index is 11.1. The van der Waals surface area contributed by atoms with Gasteiger partial charge in [-0.3, -0.25) is 24.4 Å². The van der Waals surface area contributed by atoms with Crippen LogP contribution in [0, 0.1) is 156 Å². The number of rotatable bonds is 14. The molecule has 6 radical (unpaired) electrons. The molecule has 584 valence electrons. The van der Waals surface area contributed by atoms with Crippen molar-refractivity contribution in [1.29, 1.82) is 0 Å². The smallest absolute Gasteiger partial charge is 0.715 e. The fourth-order valence-electron chi connectivity index (χ4n) is 14.5. The average molecular weight is 2200 g/mol. The molecule has 26 heteroatoms. The van der Waals surface area contributed by atoms with Crippen molar-refractivity contribution in [3.05, 3.63) is 290 Å². The maximum Gasteiger partial charge on any atom is 1.00 e. The van der Waals surface area contributed by atoms with Crippen LogP contribution in [0.15, 0.2) is 256 Å². The quantitative estimate of drug-likeness (QED) is 0.0158. The van der Waals surface area contributed by atoms with Crippen molar-refractivity contribution in [1.82, 2.24) is 54.3 Å². The molecular formula is C88H109Ac3BN16NaO4S. The van der Waals surface area contributed by atoms with Gasteiger partial charge >= 0.3 is 29.6 Å². The molecule has 0 atom stereocenters. The normalized spacial score (nSPS) is 17.2. The number of thiocarbonyl (C=S) groups is 1. The Morgan fingerprint density at radius 3 is 1.15 bits per heavy atom. The van der Waals surface area contributed by atoms with Crippen molar-refractivity contribution in [2.24, 2.45) is 35.1 Å². The summed E-state index contributed by atoms with van der Waals surface area (Å²) in [4.78, 5) is 42.3. The van der Waals surface area contributed by atoms with Gasteiger partial charge in [0.1, 0.15) is 30.1 Å². The standard InChI is InChI=1S/C21H25N3.C20H23N3.C13H19N.C13H16O.C8H9N3.C7H6N4S.C6H8N2.3Ac.BHO.Na.H2O2/c1-2-6-16(7-3-1)14-17-10-12-18(13-11-17)22-15-21-23-19-8-4-5-9-20(19)24-21;1-2-6-15(7-3-1)14-16-10-12-17(13-11-16)21-20-22-18-8-4-5-9-19(18)23-20;2*14-13-8-6-12(7-9-13)10-11-4-2-1-3-5-11;9-5-8-10-6-3-1-2-4-7(6)11-8;12-7(10-3-1-8-5-10)11-4-2-9-6-11;7-5-3-1-2-4-6(5)8;;;;1-2;;1-2/h1-9,17-18,22H,10-15H2,(H,23,24);1-9,16-17H,10-14H2,(H2,21,22,23);1-5,12-13H,6-10,14H2;1-5,12H,6-10H2;1-4H,5,9H2,(H,10,11);1-6H;1-4H,7-8H2;;;;2H;;1-2H/q;;;;;;;;;;-1;+1;. The first-order chi connectivity index (χ1) is 54.0. The minimum absolute atomic E-state index is 0. The van der Waals surface area contributed by atoms with Crippen molar-refractivity contribution in [3.8, 4) is 0 Å². The van der Waals surface area contributed by atoms with Crippen LogP contribution in [0.4, 0.5) is 17.3 Å². The Morgan fingerprint density at radius 1 is 0.447 bits per heavy atom. The molecule has 17 rings (SSSR count). The van der Waals surface area contributed by atoms with Crippen LogP contribution in [-0.4, -0.2) is 102 Å². The zero-order chi connectivity index (χ0) is 77.3. The Kier molecular flexibility index (Phi) is 49.9. The second-order valence-electron chi connectivity index (χ2n) is 28.5. The van der Waals surface area contributed by atoms with Crippen LogP contribution in [-0.2, 0) is 43.6 Å². The molecule has 4 saturated carbocycles. The van der Waals surface area contributed by atoms with Gasteiger partial charge in [-0.25, -0.2) is 24.9 Å². The number of aromatic amines is 3. The fourth-order valence-corrected chi connectivity index (χ4v) is 14.7. The van der Waals surface area contributed by atoms with Gasteiger partial charge in [-0.1, -0.05) is 170 Å². The molecule has 8 aromatic carbocycles. The minimum atomic E-state index is 0. The van der Waals surface area contributed by atoms with E-state index in [9.17, 15) is 4.79 Å². The molecule has 13 aromatic rings. The third-order valence-corrected chi connectivity index (χ3v) is 20.9. The van der Waals surface area contributed by atoms with Gasteiger partial charge in [-0.05, 0) is 222 Å². The summed E-state index contributed by atoms with van der Waals surface area (Å²) in [5.74, 6) is 6.52. The molecule has 4 aliphatic rings. The Bertz CT molecular complexity index is 4480. The van der Waals surface area contributed by atoms with Crippen LogP contribution < -0.4 is 63.1 Å². The van der Waals surface area contributed by atoms with Gasteiger partial charge in [0.15, 0.2) is 5.11 Å². The summed E-state index contributed by atoms with van der Waals surface area (Å²) in [5.41, 5.74) is 35.6. The number of Topliss-reactive ketones (excluding diaryl/α,β-unsaturated/α-hetero) is 1. The molecule has 0 spiro atoms. The number of H-pyrrole nitrogens is 3. The van der Waals surface area contributed by atoms with E-state index in [4.69, 9.17) is 50.7 Å². The van der Waals surface area contributed by atoms with Gasteiger partial charge in [0.05, 0.1) is 57.6 Å². The van der Waals surface area contributed by atoms with Crippen LogP contribution in [0.5, 0.6) is 0 Å². The number of aromatic nitrogens is 10. The van der Waals surface area contributed by atoms with Crippen LogP contribution in [0.3, 0.4) is 0 Å². The number of para-hydroxylation sites is 8. The summed E-state index contributed by atoms with van der Waals surface area (Å²) in [6.07, 6.45) is 34.2. The summed E-state index contributed by atoms with van der Waals surface area (Å²) in [6, 6.07) is 76.4. The Labute approximate surface area is 808 Å². The maximum absolute atomic E-state index is 11.1. The predicted octanol–water partition coefficient (Wildman–Crippen LogP) is 13.7. The zero-order valence-electron chi connectivity index (χ0n) is 65.8. The van der Waals surface area contributed by atoms with Gasteiger partial charge in [-0.15, -0.1) is 0 Å². The fraction of sp³-hybridized carbons (Fsp3) is 0.330. The molecular weight excluding hydrogens is 2090 g/mol. The second-order valence-corrected chi connectivity index (χ2v) is 28.9. The summed E-state index contributed by atoms with van der Waals surface area (Å²) in [7, 11) is 3.50. The van der Waals surface area contributed by atoms with Crippen LogP contribution in [0.2, 0.25) is 0 Å². The van der Waals surface area contributed by atoms with E-state index in [2.05, 4.69) is 192 Å². The molecule has 16 N–H and O–H groups in total. The van der Waals surface area contributed by atoms with Crippen LogP contribution >= 0.6 is 12.2 Å².